The standard InChI is InChI=1S/C16H28N4O/c1-12(2)17-10-15-13(3)18-20(14(15)4)11-16(21)19-8-6-5-7-9-19/h12,17H,5-11H2,1-4H3. The Balaban J connectivity index is 2.03. The van der Waals surface area contributed by atoms with Gasteiger partial charge < -0.3 is 10.2 Å². The first kappa shape index (κ1) is 16.0. The van der Waals surface area contributed by atoms with Gasteiger partial charge in [-0.05, 0) is 33.1 Å². The van der Waals surface area contributed by atoms with Crippen molar-refractivity contribution in [2.45, 2.75) is 66.1 Å². The van der Waals surface area contributed by atoms with Gasteiger partial charge in [-0.1, -0.05) is 13.8 Å². The number of amides is 1. The van der Waals surface area contributed by atoms with Gasteiger partial charge in [0.05, 0.1) is 5.69 Å². The van der Waals surface area contributed by atoms with Gasteiger partial charge in [0.15, 0.2) is 0 Å². The first-order valence-corrected chi connectivity index (χ1v) is 8.03. The van der Waals surface area contributed by atoms with Gasteiger partial charge in [0.1, 0.15) is 6.54 Å². The topological polar surface area (TPSA) is 50.2 Å². The third-order valence-electron chi connectivity index (χ3n) is 4.21. The van der Waals surface area contributed by atoms with Gasteiger partial charge in [0.2, 0.25) is 5.91 Å². The number of aromatic nitrogens is 2. The highest BCUT2D eigenvalue weighted by Gasteiger charge is 2.19. The summed E-state index contributed by atoms with van der Waals surface area (Å²) in [6.45, 7) is 11.3. The van der Waals surface area contributed by atoms with E-state index >= 15 is 0 Å². The highest BCUT2D eigenvalue weighted by molar-refractivity contribution is 5.76. The van der Waals surface area contributed by atoms with E-state index in [1.165, 1.54) is 12.0 Å². The molecule has 1 N–H and O–H groups in total. The van der Waals surface area contributed by atoms with Crippen molar-refractivity contribution in [1.29, 1.82) is 0 Å². The SMILES string of the molecule is Cc1nn(CC(=O)N2CCCCC2)c(C)c1CNC(C)C. The molecule has 0 atom stereocenters. The number of carbonyl (C=O) groups excluding carboxylic acids is 1. The molecule has 0 unspecified atom stereocenters. The Morgan fingerprint density at radius 2 is 1.90 bits per heavy atom. The van der Waals surface area contributed by atoms with Crippen LogP contribution in [0.5, 0.6) is 0 Å². The van der Waals surface area contributed by atoms with Crippen LogP contribution in [0.2, 0.25) is 0 Å². The molecule has 1 amide bonds. The van der Waals surface area contributed by atoms with Crippen LogP contribution in [0.25, 0.3) is 0 Å². The second-order valence-electron chi connectivity index (χ2n) is 6.28. The second-order valence-corrected chi connectivity index (χ2v) is 6.28. The molecule has 5 nitrogen and oxygen atoms in total. The molecule has 0 radical (unpaired) electrons. The van der Waals surface area contributed by atoms with Crippen LogP contribution in [-0.2, 0) is 17.9 Å². The van der Waals surface area contributed by atoms with Crippen LogP contribution in [0.4, 0.5) is 0 Å². The smallest absolute Gasteiger partial charge is 0.244 e. The van der Waals surface area contributed by atoms with Crippen molar-refractivity contribution >= 4 is 5.91 Å². The van der Waals surface area contributed by atoms with Crippen molar-refractivity contribution < 1.29 is 4.79 Å². The number of aryl methyl sites for hydroxylation is 1. The minimum atomic E-state index is 0.198. The van der Waals surface area contributed by atoms with E-state index in [9.17, 15) is 4.79 Å². The van der Waals surface area contributed by atoms with Gasteiger partial charge >= 0.3 is 0 Å². The minimum Gasteiger partial charge on any atom is -0.341 e. The van der Waals surface area contributed by atoms with Crippen molar-refractivity contribution in [1.82, 2.24) is 20.0 Å². The molecule has 0 aromatic carbocycles. The summed E-state index contributed by atoms with van der Waals surface area (Å²) in [5, 5.41) is 7.98. The van der Waals surface area contributed by atoms with E-state index in [4.69, 9.17) is 0 Å². The summed E-state index contributed by atoms with van der Waals surface area (Å²) in [5.41, 5.74) is 3.34. The van der Waals surface area contributed by atoms with Gasteiger partial charge in [-0.25, -0.2) is 0 Å². The van der Waals surface area contributed by atoms with Gasteiger partial charge in [-0.15, -0.1) is 0 Å². The minimum absolute atomic E-state index is 0.198. The molecule has 5 heteroatoms. The molecule has 21 heavy (non-hydrogen) atoms. The number of piperidine rings is 1. The van der Waals surface area contributed by atoms with Crippen LogP contribution in [0.3, 0.4) is 0 Å². The van der Waals surface area contributed by atoms with E-state index in [0.29, 0.717) is 12.6 Å². The van der Waals surface area contributed by atoms with Gasteiger partial charge in [-0.2, -0.15) is 5.10 Å². The number of hydrogen-bond donors (Lipinski definition) is 1. The molecule has 118 valence electrons. The Kier molecular flexibility index (Phi) is 5.39. The van der Waals surface area contributed by atoms with Gasteiger partial charge in [-0.3, -0.25) is 9.48 Å². The maximum absolute atomic E-state index is 12.4. The van der Waals surface area contributed by atoms with Crippen LogP contribution in [0.1, 0.15) is 50.1 Å². The summed E-state index contributed by atoms with van der Waals surface area (Å²) in [7, 11) is 0. The quantitative estimate of drug-likeness (QED) is 0.903. The Bertz CT molecular complexity index is 487. The predicted molar refractivity (Wildman–Crippen MR) is 84.1 cm³/mol. The maximum Gasteiger partial charge on any atom is 0.244 e. The second kappa shape index (κ2) is 7.07. The van der Waals surface area contributed by atoms with E-state index in [2.05, 4.69) is 31.2 Å². The molecule has 1 fully saturated rings. The van der Waals surface area contributed by atoms with Crippen molar-refractivity contribution in [3.05, 3.63) is 17.0 Å². The van der Waals surface area contributed by atoms with Crippen molar-refractivity contribution in [3.63, 3.8) is 0 Å². The van der Waals surface area contributed by atoms with E-state index in [0.717, 1.165) is 43.9 Å². The van der Waals surface area contributed by atoms with Crippen molar-refractivity contribution in [2.75, 3.05) is 13.1 Å². The van der Waals surface area contributed by atoms with E-state index < -0.39 is 0 Å². The van der Waals surface area contributed by atoms with Crippen LogP contribution >= 0.6 is 0 Å². The third kappa shape index (κ3) is 4.06. The lowest BCUT2D eigenvalue weighted by Crippen LogP contribution is -2.38. The molecule has 1 aromatic heterocycles. The number of nitrogens with zero attached hydrogens (tertiary/aromatic N) is 3. The number of nitrogens with one attached hydrogen (secondary N) is 1. The highest BCUT2D eigenvalue weighted by atomic mass is 16.2. The molecule has 1 saturated heterocycles. The van der Waals surface area contributed by atoms with Gasteiger partial charge in [0.25, 0.3) is 0 Å². The Hall–Kier alpha value is -1.36. The van der Waals surface area contributed by atoms with Crippen LogP contribution in [0, 0.1) is 13.8 Å². The maximum atomic E-state index is 12.4. The summed E-state index contributed by atoms with van der Waals surface area (Å²) < 4.78 is 1.86. The average molecular weight is 292 g/mol. The first-order valence-electron chi connectivity index (χ1n) is 8.03. The van der Waals surface area contributed by atoms with E-state index in [1.54, 1.807) is 0 Å². The molecular formula is C16H28N4O. The molecule has 1 aliphatic rings. The molecule has 2 heterocycles. The zero-order valence-electron chi connectivity index (χ0n) is 13.8. The Morgan fingerprint density at radius 1 is 1.24 bits per heavy atom. The van der Waals surface area contributed by atoms with Crippen LogP contribution < -0.4 is 5.32 Å². The summed E-state index contributed by atoms with van der Waals surface area (Å²) in [6, 6.07) is 0.446. The first-order chi connectivity index (χ1) is 9.99. The van der Waals surface area contributed by atoms with E-state index in [1.807, 2.05) is 16.5 Å². The molecule has 1 aromatic rings. The fourth-order valence-corrected chi connectivity index (χ4v) is 2.82. The van der Waals surface area contributed by atoms with Gasteiger partial charge in [0, 0.05) is 36.9 Å². The predicted octanol–water partition coefficient (Wildman–Crippen LogP) is 2.01. The lowest BCUT2D eigenvalue weighted by atomic mass is 10.1. The van der Waals surface area contributed by atoms with Crippen molar-refractivity contribution in [2.24, 2.45) is 0 Å². The highest BCUT2D eigenvalue weighted by Crippen LogP contribution is 2.15. The monoisotopic (exact) mass is 292 g/mol. The van der Waals surface area contributed by atoms with Crippen molar-refractivity contribution in [3.8, 4) is 0 Å². The number of likely N-dealkylation sites (tertiary alicyclic amines) is 1. The normalized spacial score (nSPS) is 15.8. The third-order valence-corrected chi connectivity index (χ3v) is 4.21. The molecule has 0 bridgehead atoms. The molecule has 1 aliphatic heterocycles. The molecule has 0 aliphatic carbocycles. The average Bonchev–Trinajstić information content (AvgIpc) is 2.72. The summed E-state index contributed by atoms with van der Waals surface area (Å²) in [6.07, 6.45) is 3.51. The van der Waals surface area contributed by atoms with Crippen LogP contribution in [0.15, 0.2) is 0 Å². The van der Waals surface area contributed by atoms with Crippen LogP contribution in [-0.4, -0.2) is 39.7 Å². The summed E-state index contributed by atoms with van der Waals surface area (Å²) in [5.74, 6) is 0.198. The fourth-order valence-electron chi connectivity index (χ4n) is 2.82. The number of rotatable bonds is 5. The largest absolute Gasteiger partial charge is 0.341 e. The zero-order valence-corrected chi connectivity index (χ0v) is 13.8. The van der Waals surface area contributed by atoms with E-state index in [-0.39, 0.29) is 5.91 Å². The number of carbonyl (C=O) groups is 1. The lowest BCUT2D eigenvalue weighted by molar-refractivity contribution is -0.132. The Labute approximate surface area is 127 Å². The zero-order chi connectivity index (χ0) is 15.4. The lowest BCUT2D eigenvalue weighted by Gasteiger charge is -2.26. The summed E-state index contributed by atoms with van der Waals surface area (Å²) >= 11 is 0. The summed E-state index contributed by atoms with van der Waals surface area (Å²) in [4.78, 5) is 14.3. The fraction of sp³-hybridized carbons (Fsp3) is 0.750. The number of hydrogen-bond acceptors (Lipinski definition) is 3. The Morgan fingerprint density at radius 3 is 2.52 bits per heavy atom. The molecular weight excluding hydrogens is 264 g/mol. The molecule has 2 rings (SSSR count). The molecule has 0 spiro atoms. The molecule has 0 saturated carbocycles.